The zero-order chi connectivity index (χ0) is 15.4. The molecule has 0 fully saturated rings. The second kappa shape index (κ2) is 7.07. The van der Waals surface area contributed by atoms with Crippen molar-refractivity contribution >= 4 is 15.9 Å². The Morgan fingerprint density at radius 3 is 2.48 bits per heavy atom. The van der Waals surface area contributed by atoms with Gasteiger partial charge >= 0.3 is 0 Å². The van der Waals surface area contributed by atoms with E-state index in [1.54, 1.807) is 7.11 Å². The molecule has 3 N–H and O–H groups in total. The van der Waals surface area contributed by atoms with Gasteiger partial charge in [-0.25, -0.2) is 0 Å². The fraction of sp³-hybridized carbons (Fsp3) is 0.294. The lowest BCUT2D eigenvalue weighted by Gasteiger charge is -2.18. The number of aryl methyl sites for hydroxylation is 2. The molecule has 0 heterocycles. The highest BCUT2D eigenvalue weighted by Crippen LogP contribution is 2.28. The maximum Gasteiger partial charge on any atom is 0.133 e. The van der Waals surface area contributed by atoms with Gasteiger partial charge in [-0.05, 0) is 70.6 Å². The Hall–Kier alpha value is -1.36. The lowest BCUT2D eigenvalue weighted by Crippen LogP contribution is -2.29. The third kappa shape index (κ3) is 3.84. The summed E-state index contributed by atoms with van der Waals surface area (Å²) in [4.78, 5) is 0. The van der Waals surface area contributed by atoms with Crippen molar-refractivity contribution in [3.8, 4) is 5.75 Å². The van der Waals surface area contributed by atoms with Crippen LogP contribution in [-0.2, 0) is 6.42 Å². The van der Waals surface area contributed by atoms with Crippen molar-refractivity contribution in [2.24, 2.45) is 5.84 Å². The maximum absolute atomic E-state index is 5.75. The molecule has 2 aromatic carbocycles. The van der Waals surface area contributed by atoms with Gasteiger partial charge in [0.1, 0.15) is 5.75 Å². The van der Waals surface area contributed by atoms with Crippen LogP contribution in [-0.4, -0.2) is 7.11 Å². The molecule has 2 aromatic rings. The standard InChI is InChI=1S/C17H21BrN2O/c1-11-4-6-14(8-12(11)2)16(20-19)10-13-5-7-17(21-3)15(18)9-13/h4-9,16,20H,10,19H2,1-3H3. The van der Waals surface area contributed by atoms with Crippen molar-refractivity contribution in [2.45, 2.75) is 26.3 Å². The molecule has 0 amide bonds. The van der Waals surface area contributed by atoms with E-state index in [9.17, 15) is 0 Å². The molecule has 0 bridgehead atoms. The highest BCUT2D eigenvalue weighted by Gasteiger charge is 2.12. The molecule has 112 valence electrons. The summed E-state index contributed by atoms with van der Waals surface area (Å²) >= 11 is 3.52. The van der Waals surface area contributed by atoms with Gasteiger partial charge in [0, 0.05) is 6.04 Å². The van der Waals surface area contributed by atoms with Gasteiger partial charge in [0.15, 0.2) is 0 Å². The smallest absolute Gasteiger partial charge is 0.133 e. The Kier molecular flexibility index (Phi) is 5.39. The summed E-state index contributed by atoms with van der Waals surface area (Å²) in [6.45, 7) is 4.24. The van der Waals surface area contributed by atoms with Crippen molar-refractivity contribution in [2.75, 3.05) is 7.11 Å². The molecule has 2 rings (SSSR count). The monoisotopic (exact) mass is 348 g/mol. The maximum atomic E-state index is 5.75. The van der Waals surface area contributed by atoms with Gasteiger partial charge in [-0.3, -0.25) is 11.3 Å². The van der Waals surface area contributed by atoms with Crippen LogP contribution in [0.5, 0.6) is 5.75 Å². The highest BCUT2D eigenvalue weighted by atomic mass is 79.9. The number of ether oxygens (including phenoxy) is 1. The first-order valence-electron chi connectivity index (χ1n) is 6.91. The second-order valence-corrected chi connectivity index (χ2v) is 6.09. The largest absolute Gasteiger partial charge is 0.496 e. The number of hydrazine groups is 1. The minimum Gasteiger partial charge on any atom is -0.496 e. The Morgan fingerprint density at radius 1 is 1.14 bits per heavy atom. The van der Waals surface area contributed by atoms with Gasteiger partial charge in [0.25, 0.3) is 0 Å². The van der Waals surface area contributed by atoms with E-state index < -0.39 is 0 Å². The third-order valence-electron chi connectivity index (χ3n) is 3.79. The number of nitrogens with one attached hydrogen (secondary N) is 1. The molecule has 3 nitrogen and oxygen atoms in total. The molecule has 21 heavy (non-hydrogen) atoms. The number of rotatable bonds is 5. The molecule has 0 radical (unpaired) electrons. The van der Waals surface area contributed by atoms with E-state index in [4.69, 9.17) is 10.6 Å². The lowest BCUT2D eigenvalue weighted by molar-refractivity contribution is 0.412. The SMILES string of the molecule is COc1ccc(CC(NN)c2ccc(C)c(C)c2)cc1Br. The lowest BCUT2D eigenvalue weighted by atomic mass is 9.96. The number of hydrogen-bond acceptors (Lipinski definition) is 3. The summed E-state index contributed by atoms with van der Waals surface area (Å²) in [6.07, 6.45) is 0.821. The molecule has 1 atom stereocenters. The van der Waals surface area contributed by atoms with Crippen molar-refractivity contribution in [3.05, 3.63) is 63.1 Å². The number of nitrogens with two attached hydrogens (primary N) is 1. The average molecular weight is 349 g/mol. The molecule has 0 aliphatic carbocycles. The zero-order valence-corrected chi connectivity index (χ0v) is 14.2. The Morgan fingerprint density at radius 2 is 1.90 bits per heavy atom. The van der Waals surface area contributed by atoms with Crippen LogP contribution in [0, 0.1) is 13.8 Å². The normalized spacial score (nSPS) is 12.2. The summed E-state index contributed by atoms with van der Waals surface area (Å²) < 4.78 is 6.21. The van der Waals surface area contributed by atoms with E-state index in [2.05, 4.69) is 65.5 Å². The van der Waals surface area contributed by atoms with Gasteiger partial charge in [0.05, 0.1) is 11.6 Å². The van der Waals surface area contributed by atoms with Crippen molar-refractivity contribution in [3.63, 3.8) is 0 Å². The third-order valence-corrected chi connectivity index (χ3v) is 4.41. The van der Waals surface area contributed by atoms with E-state index in [0.717, 1.165) is 16.6 Å². The molecule has 0 spiro atoms. The minimum atomic E-state index is 0.0876. The van der Waals surface area contributed by atoms with Crippen molar-refractivity contribution in [1.29, 1.82) is 0 Å². The fourth-order valence-electron chi connectivity index (χ4n) is 2.33. The number of halogens is 1. The van der Waals surface area contributed by atoms with E-state index in [1.165, 1.54) is 22.3 Å². The first kappa shape index (κ1) is 16.0. The van der Waals surface area contributed by atoms with Crippen LogP contribution in [0.15, 0.2) is 40.9 Å². The topological polar surface area (TPSA) is 47.3 Å². The second-order valence-electron chi connectivity index (χ2n) is 5.24. The first-order chi connectivity index (χ1) is 10.0. The summed E-state index contributed by atoms with van der Waals surface area (Å²) in [7, 11) is 1.67. The van der Waals surface area contributed by atoms with Crippen LogP contribution in [0.2, 0.25) is 0 Å². The van der Waals surface area contributed by atoms with Gasteiger partial charge in [-0.2, -0.15) is 0 Å². The minimum absolute atomic E-state index is 0.0876. The molecular weight excluding hydrogens is 328 g/mol. The van der Waals surface area contributed by atoms with Crippen molar-refractivity contribution < 1.29 is 4.74 Å². The molecular formula is C17H21BrN2O. The summed E-state index contributed by atoms with van der Waals surface area (Å²) in [6, 6.07) is 12.7. The predicted molar refractivity (Wildman–Crippen MR) is 90.4 cm³/mol. The molecule has 0 saturated carbocycles. The summed E-state index contributed by atoms with van der Waals surface area (Å²) in [5.41, 5.74) is 7.89. The molecule has 0 aromatic heterocycles. The Bertz CT molecular complexity index is 628. The number of benzene rings is 2. The first-order valence-corrected chi connectivity index (χ1v) is 7.70. The summed E-state index contributed by atoms with van der Waals surface area (Å²) in [5.74, 6) is 6.58. The Balaban J connectivity index is 2.22. The van der Waals surface area contributed by atoms with Crippen LogP contribution >= 0.6 is 15.9 Å². The van der Waals surface area contributed by atoms with E-state index in [0.29, 0.717) is 0 Å². The van der Waals surface area contributed by atoms with Crippen LogP contribution in [0.3, 0.4) is 0 Å². The van der Waals surface area contributed by atoms with Crippen LogP contribution in [0.25, 0.3) is 0 Å². The van der Waals surface area contributed by atoms with Gasteiger partial charge in [0.2, 0.25) is 0 Å². The van der Waals surface area contributed by atoms with E-state index >= 15 is 0 Å². The molecule has 0 aliphatic heterocycles. The molecule has 4 heteroatoms. The summed E-state index contributed by atoms with van der Waals surface area (Å²) in [5, 5.41) is 0. The van der Waals surface area contributed by atoms with Crippen LogP contribution in [0.4, 0.5) is 0 Å². The highest BCUT2D eigenvalue weighted by molar-refractivity contribution is 9.10. The van der Waals surface area contributed by atoms with E-state index in [-0.39, 0.29) is 6.04 Å². The predicted octanol–water partition coefficient (Wildman–Crippen LogP) is 3.82. The van der Waals surface area contributed by atoms with Gasteiger partial charge < -0.3 is 4.74 Å². The number of hydrogen-bond donors (Lipinski definition) is 2. The number of methoxy groups -OCH3 is 1. The van der Waals surface area contributed by atoms with E-state index in [1.807, 2.05) is 6.07 Å². The Labute approximate surface area is 134 Å². The van der Waals surface area contributed by atoms with Crippen LogP contribution in [0.1, 0.15) is 28.3 Å². The van der Waals surface area contributed by atoms with Gasteiger partial charge in [-0.15, -0.1) is 0 Å². The molecule has 1 unspecified atom stereocenters. The van der Waals surface area contributed by atoms with Crippen LogP contribution < -0.4 is 16.0 Å². The molecule has 0 aliphatic rings. The molecule has 0 saturated heterocycles. The van der Waals surface area contributed by atoms with Gasteiger partial charge in [-0.1, -0.05) is 24.3 Å². The quantitative estimate of drug-likeness (QED) is 0.637. The van der Waals surface area contributed by atoms with Crippen molar-refractivity contribution in [1.82, 2.24) is 5.43 Å². The fourth-order valence-corrected chi connectivity index (χ4v) is 2.91. The zero-order valence-electron chi connectivity index (χ0n) is 12.6. The average Bonchev–Trinajstić information content (AvgIpc) is 2.48.